The lowest BCUT2D eigenvalue weighted by atomic mass is 10.1. The number of aryl methyl sites for hydroxylation is 1. The Hall–Kier alpha value is -1.81. The number of rotatable bonds is 3. The van der Waals surface area contributed by atoms with Crippen LogP contribution in [-0.2, 0) is 24.2 Å². The minimum Gasteiger partial charge on any atom is -0.382 e. The predicted octanol–water partition coefficient (Wildman–Crippen LogP) is 2.48. The summed E-state index contributed by atoms with van der Waals surface area (Å²) in [5, 5.41) is 4.45. The highest BCUT2D eigenvalue weighted by atomic mass is 16.5. The van der Waals surface area contributed by atoms with E-state index in [1.54, 1.807) is 0 Å². The van der Waals surface area contributed by atoms with E-state index in [1.165, 1.54) is 17.7 Å². The van der Waals surface area contributed by atoms with Crippen LogP contribution in [0, 0.1) is 0 Å². The molecule has 2 N–H and O–H groups in total. The first-order chi connectivity index (χ1) is 9.29. The second-order valence-electron chi connectivity index (χ2n) is 4.94. The number of hydrogen-bond acceptors (Lipinski definition) is 3. The molecule has 1 aliphatic rings. The van der Waals surface area contributed by atoms with Crippen molar-refractivity contribution >= 4 is 5.82 Å². The average Bonchev–Trinajstić information content (AvgIpc) is 2.78. The minimum atomic E-state index is 0.578. The van der Waals surface area contributed by atoms with Crippen LogP contribution in [0.5, 0.6) is 0 Å². The van der Waals surface area contributed by atoms with E-state index >= 15 is 0 Å². The van der Waals surface area contributed by atoms with Gasteiger partial charge in [-0.3, -0.25) is 0 Å². The Morgan fingerprint density at radius 1 is 1.32 bits per heavy atom. The number of anilines is 1. The van der Waals surface area contributed by atoms with Crippen LogP contribution in [-0.4, -0.2) is 16.4 Å². The van der Waals surface area contributed by atoms with Gasteiger partial charge in [-0.25, -0.2) is 4.68 Å². The van der Waals surface area contributed by atoms with Crippen LogP contribution in [0.15, 0.2) is 24.3 Å². The molecule has 0 unspecified atom stereocenters. The molecule has 0 radical (unpaired) electrons. The fourth-order valence-corrected chi connectivity index (χ4v) is 2.57. The first kappa shape index (κ1) is 12.2. The highest BCUT2D eigenvalue weighted by molar-refractivity contribution is 5.48. The van der Waals surface area contributed by atoms with Gasteiger partial charge in [0.15, 0.2) is 5.82 Å². The molecular formula is C15H19N3O. The molecule has 0 amide bonds. The lowest BCUT2D eigenvalue weighted by molar-refractivity contribution is 0.110. The fraction of sp³-hybridized carbons (Fsp3) is 0.400. The Bertz CT molecular complexity index is 572. The zero-order chi connectivity index (χ0) is 13.2. The number of nitrogens with zero attached hydrogens (tertiary/aromatic N) is 2. The minimum absolute atomic E-state index is 0.578. The van der Waals surface area contributed by atoms with E-state index in [0.717, 1.165) is 30.7 Å². The third kappa shape index (κ3) is 2.24. The Morgan fingerprint density at radius 2 is 2.11 bits per heavy atom. The van der Waals surface area contributed by atoms with Crippen LogP contribution >= 0.6 is 0 Å². The summed E-state index contributed by atoms with van der Waals surface area (Å²) in [6.45, 7) is 3.51. The van der Waals surface area contributed by atoms with Crippen molar-refractivity contribution in [3.8, 4) is 5.69 Å². The van der Waals surface area contributed by atoms with Gasteiger partial charge in [0.25, 0.3) is 0 Å². The highest BCUT2D eigenvalue weighted by Gasteiger charge is 2.20. The van der Waals surface area contributed by atoms with E-state index in [-0.39, 0.29) is 0 Å². The van der Waals surface area contributed by atoms with Crippen molar-refractivity contribution in [2.75, 3.05) is 12.3 Å². The highest BCUT2D eigenvalue weighted by Crippen LogP contribution is 2.25. The van der Waals surface area contributed by atoms with Gasteiger partial charge in [-0.2, -0.15) is 5.10 Å². The SMILES string of the molecule is CCCc1ccc(-n2nc(N)c3c2CCOC3)cc1. The standard InChI is InChI=1S/C15H19N3O/c1-2-3-11-4-6-12(7-5-11)18-14-8-9-19-10-13(14)15(16)17-18/h4-7H,2-3,8-10H2,1H3,(H2,16,17). The summed E-state index contributed by atoms with van der Waals surface area (Å²) in [7, 11) is 0. The molecular weight excluding hydrogens is 238 g/mol. The van der Waals surface area contributed by atoms with Crippen molar-refractivity contribution in [3.05, 3.63) is 41.1 Å². The maximum Gasteiger partial charge on any atom is 0.151 e. The van der Waals surface area contributed by atoms with Gasteiger partial charge in [0.1, 0.15) is 0 Å². The molecule has 3 rings (SSSR count). The van der Waals surface area contributed by atoms with E-state index in [1.807, 2.05) is 4.68 Å². The number of aromatic nitrogens is 2. The van der Waals surface area contributed by atoms with E-state index in [2.05, 4.69) is 36.3 Å². The van der Waals surface area contributed by atoms with Gasteiger partial charge in [-0.15, -0.1) is 0 Å². The van der Waals surface area contributed by atoms with E-state index in [9.17, 15) is 0 Å². The van der Waals surface area contributed by atoms with Gasteiger partial charge in [0, 0.05) is 12.0 Å². The Balaban J connectivity index is 1.97. The molecule has 0 aliphatic carbocycles. The largest absolute Gasteiger partial charge is 0.382 e. The first-order valence-electron chi connectivity index (χ1n) is 6.83. The summed E-state index contributed by atoms with van der Waals surface area (Å²) in [5.41, 5.74) is 10.6. The van der Waals surface area contributed by atoms with Gasteiger partial charge in [-0.1, -0.05) is 25.5 Å². The summed E-state index contributed by atoms with van der Waals surface area (Å²) in [4.78, 5) is 0. The molecule has 0 saturated heterocycles. The van der Waals surface area contributed by atoms with Crippen molar-refractivity contribution in [1.82, 2.24) is 9.78 Å². The lowest BCUT2D eigenvalue weighted by Crippen LogP contribution is -2.13. The predicted molar refractivity (Wildman–Crippen MR) is 75.3 cm³/mol. The number of nitrogens with two attached hydrogens (primary N) is 1. The summed E-state index contributed by atoms with van der Waals surface area (Å²) < 4.78 is 7.40. The molecule has 4 nitrogen and oxygen atoms in total. The van der Waals surface area contributed by atoms with Crippen molar-refractivity contribution in [1.29, 1.82) is 0 Å². The third-order valence-electron chi connectivity index (χ3n) is 3.57. The number of benzene rings is 1. The molecule has 1 aliphatic heterocycles. The molecule has 0 spiro atoms. The molecule has 4 heteroatoms. The Labute approximate surface area is 113 Å². The molecule has 1 aromatic carbocycles. The number of nitrogen functional groups attached to an aromatic ring is 1. The average molecular weight is 257 g/mol. The second kappa shape index (κ2) is 5.05. The molecule has 0 bridgehead atoms. The molecule has 100 valence electrons. The van der Waals surface area contributed by atoms with Crippen molar-refractivity contribution in [2.45, 2.75) is 32.8 Å². The third-order valence-corrected chi connectivity index (χ3v) is 3.57. The van der Waals surface area contributed by atoms with Gasteiger partial charge < -0.3 is 10.5 Å². The van der Waals surface area contributed by atoms with E-state index in [0.29, 0.717) is 12.4 Å². The number of fused-ring (bicyclic) bond motifs is 1. The van der Waals surface area contributed by atoms with Crippen LogP contribution in [0.25, 0.3) is 5.69 Å². The molecule has 0 atom stereocenters. The quantitative estimate of drug-likeness (QED) is 0.919. The second-order valence-corrected chi connectivity index (χ2v) is 4.94. The zero-order valence-corrected chi connectivity index (χ0v) is 11.2. The topological polar surface area (TPSA) is 53.1 Å². The Kier molecular flexibility index (Phi) is 3.25. The lowest BCUT2D eigenvalue weighted by Gasteiger charge is -2.14. The van der Waals surface area contributed by atoms with Crippen molar-refractivity contribution < 1.29 is 4.74 Å². The maximum absolute atomic E-state index is 5.97. The van der Waals surface area contributed by atoms with Gasteiger partial charge >= 0.3 is 0 Å². The van der Waals surface area contributed by atoms with Crippen molar-refractivity contribution in [3.63, 3.8) is 0 Å². The van der Waals surface area contributed by atoms with Crippen molar-refractivity contribution in [2.24, 2.45) is 0 Å². The van der Waals surface area contributed by atoms with Crippen LogP contribution in [0.2, 0.25) is 0 Å². The zero-order valence-electron chi connectivity index (χ0n) is 11.2. The van der Waals surface area contributed by atoms with Gasteiger partial charge in [-0.05, 0) is 24.1 Å². The molecule has 0 fully saturated rings. The molecule has 19 heavy (non-hydrogen) atoms. The summed E-state index contributed by atoms with van der Waals surface area (Å²) in [6, 6.07) is 8.57. The molecule has 0 saturated carbocycles. The smallest absolute Gasteiger partial charge is 0.151 e. The summed E-state index contributed by atoms with van der Waals surface area (Å²) >= 11 is 0. The number of ether oxygens (including phenoxy) is 1. The number of hydrogen-bond donors (Lipinski definition) is 1. The normalized spacial score (nSPS) is 14.4. The molecule has 1 aromatic heterocycles. The molecule has 2 aromatic rings. The van der Waals surface area contributed by atoms with Gasteiger partial charge in [0.05, 0.1) is 24.6 Å². The summed E-state index contributed by atoms with van der Waals surface area (Å²) in [6.07, 6.45) is 3.16. The van der Waals surface area contributed by atoms with Crippen LogP contribution in [0.3, 0.4) is 0 Å². The van der Waals surface area contributed by atoms with Gasteiger partial charge in [0.2, 0.25) is 0 Å². The van der Waals surface area contributed by atoms with Crippen LogP contribution in [0.1, 0.15) is 30.2 Å². The first-order valence-corrected chi connectivity index (χ1v) is 6.83. The van der Waals surface area contributed by atoms with E-state index in [4.69, 9.17) is 10.5 Å². The molecule has 2 heterocycles. The Morgan fingerprint density at radius 3 is 2.84 bits per heavy atom. The van der Waals surface area contributed by atoms with E-state index < -0.39 is 0 Å². The summed E-state index contributed by atoms with van der Waals surface area (Å²) in [5.74, 6) is 0.590. The van der Waals surface area contributed by atoms with Crippen LogP contribution in [0.4, 0.5) is 5.82 Å². The monoisotopic (exact) mass is 257 g/mol. The fourth-order valence-electron chi connectivity index (χ4n) is 2.57. The maximum atomic E-state index is 5.97. The van der Waals surface area contributed by atoms with Crippen LogP contribution < -0.4 is 5.73 Å².